The molecule has 1 unspecified atom stereocenters. The van der Waals surface area contributed by atoms with Crippen molar-refractivity contribution in [3.63, 3.8) is 0 Å². The molecule has 0 spiro atoms. The highest BCUT2D eigenvalue weighted by Gasteiger charge is 2.41. The molecule has 5 nitrogen and oxygen atoms in total. The van der Waals surface area contributed by atoms with Crippen LogP contribution in [0.4, 0.5) is 0 Å². The van der Waals surface area contributed by atoms with Crippen LogP contribution in [-0.4, -0.2) is 66.1 Å². The van der Waals surface area contributed by atoms with E-state index in [4.69, 9.17) is 0 Å². The predicted molar refractivity (Wildman–Crippen MR) is 143 cm³/mol. The van der Waals surface area contributed by atoms with Crippen LogP contribution in [0, 0.1) is 0 Å². The second kappa shape index (κ2) is 12.0. The summed E-state index contributed by atoms with van der Waals surface area (Å²) in [5.41, 5.74) is 2.11. The number of likely N-dealkylation sites (N-methyl/N-ethyl adjacent to an activating group) is 1. The van der Waals surface area contributed by atoms with Crippen molar-refractivity contribution in [3.8, 4) is 11.5 Å². The summed E-state index contributed by atoms with van der Waals surface area (Å²) < 4.78 is 0. The maximum Gasteiger partial charge on any atom is 0.143 e. The average Bonchev–Trinajstić information content (AvgIpc) is 3.06. The number of hydrogen-bond donors (Lipinski definition) is 2. The molecule has 0 radical (unpaired) electrons. The monoisotopic (exact) mass is 480 g/mol. The van der Waals surface area contributed by atoms with E-state index >= 15 is 0 Å². The van der Waals surface area contributed by atoms with Crippen LogP contribution in [-0.2, 0) is 15.6 Å². The van der Waals surface area contributed by atoms with Gasteiger partial charge in [0.15, 0.2) is 0 Å². The number of carbonyl (C=O) groups excluding carboxylic acids is 1. The van der Waals surface area contributed by atoms with Gasteiger partial charge in [-0.25, -0.2) is 0 Å². The lowest BCUT2D eigenvalue weighted by Crippen LogP contribution is -2.45. The SMILES string of the molecule is CCC(=O)C1(c2cccc(O)c2)CCN(C)CC1.CCC1(c2cccc(O)c2)CCCCN(C)C1. The molecule has 2 aliphatic rings. The smallest absolute Gasteiger partial charge is 0.143 e. The number of phenols is 2. The van der Waals surface area contributed by atoms with Crippen molar-refractivity contribution >= 4 is 5.78 Å². The number of aromatic hydroxyl groups is 2. The molecule has 0 bridgehead atoms. The van der Waals surface area contributed by atoms with Crippen LogP contribution in [0.25, 0.3) is 0 Å². The number of carbonyl (C=O) groups is 1. The number of phenolic OH excluding ortho intramolecular Hbond substituents is 2. The third-order valence-corrected chi connectivity index (χ3v) is 8.25. The van der Waals surface area contributed by atoms with Gasteiger partial charge in [0, 0.05) is 18.4 Å². The first-order valence-electron chi connectivity index (χ1n) is 13.2. The highest BCUT2D eigenvalue weighted by atomic mass is 16.3. The molecule has 2 aliphatic heterocycles. The Bertz CT molecular complexity index is 968. The van der Waals surface area contributed by atoms with Crippen molar-refractivity contribution in [2.75, 3.05) is 40.3 Å². The summed E-state index contributed by atoms with van der Waals surface area (Å²) in [4.78, 5) is 17.1. The van der Waals surface area contributed by atoms with Crippen molar-refractivity contribution < 1.29 is 15.0 Å². The van der Waals surface area contributed by atoms with Crippen LogP contribution < -0.4 is 0 Å². The van der Waals surface area contributed by atoms with Gasteiger partial charge in [0.1, 0.15) is 17.3 Å². The summed E-state index contributed by atoms with van der Waals surface area (Å²) in [5.74, 6) is 0.929. The summed E-state index contributed by atoms with van der Waals surface area (Å²) in [6.45, 7) is 8.35. The zero-order valence-electron chi connectivity index (χ0n) is 22.1. The standard InChI is InChI=1S/C15H21NO2.C15H23NO/c1-3-14(18)15(7-9-16(2)10-8-15)12-5-4-6-13(17)11-12;1-3-15(9-4-5-10-16(2)12-15)13-7-6-8-14(17)11-13/h4-6,11,17H,3,7-10H2,1-2H3;6-8,11,17H,3-5,9-10,12H2,1-2H3. The van der Waals surface area contributed by atoms with E-state index in [1.807, 2.05) is 31.2 Å². The number of Topliss-reactive ketones (excluding diaryl/α,β-unsaturated/α-hetero) is 1. The highest BCUT2D eigenvalue weighted by molar-refractivity contribution is 5.90. The van der Waals surface area contributed by atoms with Gasteiger partial charge in [0.25, 0.3) is 0 Å². The number of piperidine rings is 1. The molecule has 0 aromatic heterocycles. The largest absolute Gasteiger partial charge is 0.508 e. The first-order valence-corrected chi connectivity index (χ1v) is 13.2. The number of nitrogens with zero attached hydrogens (tertiary/aromatic N) is 2. The predicted octanol–water partition coefficient (Wildman–Crippen LogP) is 5.49. The summed E-state index contributed by atoms with van der Waals surface area (Å²) in [7, 11) is 4.29. The van der Waals surface area contributed by atoms with E-state index in [1.54, 1.807) is 18.2 Å². The highest BCUT2D eigenvalue weighted by Crippen LogP contribution is 2.39. The number of benzene rings is 2. The van der Waals surface area contributed by atoms with Crippen molar-refractivity contribution in [2.45, 2.75) is 69.6 Å². The van der Waals surface area contributed by atoms with Gasteiger partial charge < -0.3 is 20.0 Å². The van der Waals surface area contributed by atoms with Crippen LogP contribution >= 0.6 is 0 Å². The van der Waals surface area contributed by atoms with Gasteiger partial charge in [0.05, 0.1) is 5.41 Å². The van der Waals surface area contributed by atoms with Gasteiger partial charge in [0.2, 0.25) is 0 Å². The van der Waals surface area contributed by atoms with Gasteiger partial charge in [-0.05, 0) is 101 Å². The van der Waals surface area contributed by atoms with Crippen LogP contribution in [0.5, 0.6) is 11.5 Å². The molecule has 35 heavy (non-hydrogen) atoms. The Labute approximate surface area is 211 Å². The molecule has 2 fully saturated rings. The first kappa shape index (κ1) is 27.2. The fourth-order valence-corrected chi connectivity index (χ4v) is 5.95. The van der Waals surface area contributed by atoms with E-state index in [0.717, 1.165) is 44.5 Å². The minimum atomic E-state index is -0.389. The van der Waals surface area contributed by atoms with E-state index in [1.165, 1.54) is 31.4 Å². The second-order valence-electron chi connectivity index (χ2n) is 10.6. The topological polar surface area (TPSA) is 64.0 Å². The van der Waals surface area contributed by atoms with Gasteiger partial charge in [-0.15, -0.1) is 0 Å². The van der Waals surface area contributed by atoms with Gasteiger partial charge in [-0.1, -0.05) is 44.5 Å². The Hall–Kier alpha value is -2.37. The number of rotatable bonds is 5. The minimum Gasteiger partial charge on any atom is -0.508 e. The van der Waals surface area contributed by atoms with Gasteiger partial charge >= 0.3 is 0 Å². The lowest BCUT2D eigenvalue weighted by Gasteiger charge is -2.40. The van der Waals surface area contributed by atoms with Crippen LogP contribution in [0.1, 0.15) is 69.9 Å². The lowest BCUT2D eigenvalue weighted by molar-refractivity contribution is -0.126. The first-order chi connectivity index (χ1) is 16.7. The molecule has 2 aromatic rings. The zero-order chi connectivity index (χ0) is 25.5. The van der Waals surface area contributed by atoms with E-state index in [0.29, 0.717) is 18.0 Å². The molecule has 2 N–H and O–H groups in total. The van der Waals surface area contributed by atoms with Crippen LogP contribution in [0.15, 0.2) is 48.5 Å². The maximum absolute atomic E-state index is 12.4. The molecule has 0 saturated carbocycles. The molecule has 2 aromatic carbocycles. The van der Waals surface area contributed by atoms with Crippen molar-refractivity contribution in [2.24, 2.45) is 0 Å². The molecular formula is C30H44N2O3. The summed E-state index contributed by atoms with van der Waals surface area (Å²) in [5, 5.41) is 19.3. The molecule has 2 heterocycles. The molecular weight excluding hydrogens is 436 g/mol. The molecule has 0 amide bonds. The Balaban J connectivity index is 0.000000196. The van der Waals surface area contributed by atoms with Crippen molar-refractivity contribution in [1.82, 2.24) is 9.80 Å². The maximum atomic E-state index is 12.4. The summed E-state index contributed by atoms with van der Waals surface area (Å²) >= 11 is 0. The van der Waals surface area contributed by atoms with E-state index < -0.39 is 0 Å². The molecule has 1 atom stereocenters. The summed E-state index contributed by atoms with van der Waals surface area (Å²) in [6, 6.07) is 15.0. The number of hydrogen-bond acceptors (Lipinski definition) is 5. The van der Waals surface area contributed by atoms with Gasteiger partial charge in [-0.3, -0.25) is 4.79 Å². The molecule has 2 saturated heterocycles. The van der Waals surface area contributed by atoms with Crippen LogP contribution in [0.3, 0.4) is 0 Å². The van der Waals surface area contributed by atoms with Crippen LogP contribution in [0.2, 0.25) is 0 Å². The molecule has 0 aliphatic carbocycles. The fourth-order valence-electron chi connectivity index (χ4n) is 5.95. The lowest BCUT2D eigenvalue weighted by atomic mass is 9.69. The van der Waals surface area contributed by atoms with Crippen molar-refractivity contribution in [1.29, 1.82) is 0 Å². The normalized spacial score (nSPS) is 23.1. The quantitative estimate of drug-likeness (QED) is 0.592. The van der Waals surface area contributed by atoms with E-state index in [2.05, 4.69) is 36.9 Å². The fraction of sp³-hybridized carbons (Fsp3) is 0.567. The number of ketones is 1. The Morgan fingerprint density at radius 2 is 1.43 bits per heavy atom. The number of likely N-dealkylation sites (tertiary alicyclic amines) is 2. The molecule has 5 heteroatoms. The average molecular weight is 481 g/mol. The minimum absolute atomic E-state index is 0.226. The summed E-state index contributed by atoms with van der Waals surface area (Å²) in [6.07, 6.45) is 7.20. The Morgan fingerprint density at radius 1 is 0.829 bits per heavy atom. The molecule has 192 valence electrons. The van der Waals surface area contributed by atoms with Crippen molar-refractivity contribution in [3.05, 3.63) is 59.7 Å². The third kappa shape index (κ3) is 6.45. The Kier molecular flexibility index (Phi) is 9.37. The zero-order valence-corrected chi connectivity index (χ0v) is 22.1. The third-order valence-electron chi connectivity index (χ3n) is 8.25. The van der Waals surface area contributed by atoms with E-state index in [-0.39, 0.29) is 16.6 Å². The molecule has 4 rings (SSSR count). The van der Waals surface area contributed by atoms with E-state index in [9.17, 15) is 15.0 Å². The van der Waals surface area contributed by atoms with Gasteiger partial charge in [-0.2, -0.15) is 0 Å². The Morgan fingerprint density at radius 3 is 2.00 bits per heavy atom. The second-order valence-corrected chi connectivity index (χ2v) is 10.6.